The molecular formula is C34H26N4. The Morgan fingerprint density at radius 1 is 0.684 bits per heavy atom. The lowest BCUT2D eigenvalue weighted by Crippen LogP contribution is -1.97. The zero-order chi connectivity index (χ0) is 25.9. The van der Waals surface area contributed by atoms with Gasteiger partial charge in [-0.15, -0.1) is 0 Å². The topological polar surface area (TPSA) is 43.1 Å². The smallest absolute Gasteiger partial charge is 0.160 e. The molecule has 0 aliphatic carbocycles. The van der Waals surface area contributed by atoms with E-state index in [4.69, 9.17) is 15.1 Å². The van der Waals surface area contributed by atoms with E-state index in [0.717, 1.165) is 56.0 Å². The van der Waals surface area contributed by atoms with E-state index in [-0.39, 0.29) is 0 Å². The number of rotatable bonds is 6. The summed E-state index contributed by atoms with van der Waals surface area (Å²) in [6.45, 7) is 6.08. The van der Waals surface area contributed by atoms with Crippen LogP contribution in [-0.2, 0) is 0 Å². The lowest BCUT2D eigenvalue weighted by molar-refractivity contribution is 0.962. The monoisotopic (exact) mass is 490 g/mol. The molecule has 0 amide bonds. The molecule has 0 atom stereocenters. The summed E-state index contributed by atoms with van der Waals surface area (Å²) >= 11 is 0. The number of fused-ring (bicyclic) bond motifs is 1. The van der Waals surface area contributed by atoms with E-state index >= 15 is 0 Å². The van der Waals surface area contributed by atoms with Gasteiger partial charge in [-0.3, -0.25) is 0 Å². The van der Waals surface area contributed by atoms with Crippen LogP contribution in [0.15, 0.2) is 122 Å². The first-order valence-corrected chi connectivity index (χ1v) is 12.6. The molecular weight excluding hydrogens is 464 g/mol. The van der Waals surface area contributed by atoms with Gasteiger partial charge in [-0.1, -0.05) is 116 Å². The Labute approximate surface area is 222 Å². The second-order valence-electron chi connectivity index (χ2n) is 9.00. The fourth-order valence-corrected chi connectivity index (χ4v) is 4.72. The maximum atomic E-state index is 5.12. The van der Waals surface area contributed by atoms with Crippen molar-refractivity contribution in [2.75, 3.05) is 0 Å². The normalized spacial score (nSPS) is 11.3. The maximum Gasteiger partial charge on any atom is 0.160 e. The number of nitrogens with zero attached hydrogens (tertiary/aromatic N) is 4. The quantitative estimate of drug-likeness (QED) is 0.235. The fraction of sp³-hybridized carbons (Fsp3) is 0.0294. The van der Waals surface area contributed by atoms with Gasteiger partial charge in [0.1, 0.15) is 5.69 Å². The summed E-state index contributed by atoms with van der Waals surface area (Å²) in [5.74, 6) is 0.676. The Hall–Kier alpha value is -5.09. The minimum absolute atomic E-state index is 0.676. The molecule has 6 aromatic rings. The van der Waals surface area contributed by atoms with Gasteiger partial charge >= 0.3 is 0 Å². The Morgan fingerprint density at radius 3 is 1.92 bits per heavy atom. The molecule has 0 aliphatic heterocycles. The molecule has 0 radical (unpaired) electrons. The molecule has 0 saturated heterocycles. The van der Waals surface area contributed by atoms with Gasteiger partial charge in [0, 0.05) is 22.9 Å². The minimum Gasteiger partial charge on any atom is -0.239 e. The summed E-state index contributed by atoms with van der Waals surface area (Å²) in [5.41, 5.74) is 9.60. The first-order valence-electron chi connectivity index (χ1n) is 12.6. The molecule has 0 bridgehead atoms. The standard InChI is InChI=1S/C34H26N4/c1-3-14-28-23-38-31(21-24(28)4-2)32(33(37-38)26-17-10-6-11-18-26)30-22-29(25-15-8-5-9-16-25)35-34(36-30)27-19-12-7-13-20-27/h3-23H,2H2,1H3/b14-3-. The van der Waals surface area contributed by atoms with Crippen molar-refractivity contribution in [3.05, 3.63) is 133 Å². The third-order valence-electron chi connectivity index (χ3n) is 6.53. The van der Waals surface area contributed by atoms with Crippen LogP contribution in [0.5, 0.6) is 0 Å². The van der Waals surface area contributed by atoms with Crippen molar-refractivity contribution < 1.29 is 0 Å². The average molecular weight is 491 g/mol. The van der Waals surface area contributed by atoms with Gasteiger partial charge in [-0.05, 0) is 30.2 Å². The highest BCUT2D eigenvalue weighted by Crippen LogP contribution is 2.37. The number of pyridine rings is 1. The molecule has 0 fully saturated rings. The van der Waals surface area contributed by atoms with Crippen LogP contribution in [0.3, 0.4) is 0 Å². The van der Waals surface area contributed by atoms with E-state index < -0.39 is 0 Å². The molecule has 0 N–H and O–H groups in total. The van der Waals surface area contributed by atoms with E-state index in [9.17, 15) is 0 Å². The Balaban J connectivity index is 1.69. The van der Waals surface area contributed by atoms with Crippen LogP contribution in [0, 0.1) is 0 Å². The van der Waals surface area contributed by atoms with Gasteiger partial charge in [0.25, 0.3) is 0 Å². The largest absolute Gasteiger partial charge is 0.239 e. The molecule has 3 aromatic heterocycles. The second-order valence-corrected chi connectivity index (χ2v) is 9.00. The van der Waals surface area contributed by atoms with Crippen LogP contribution in [0.4, 0.5) is 0 Å². The molecule has 38 heavy (non-hydrogen) atoms. The van der Waals surface area contributed by atoms with Gasteiger partial charge < -0.3 is 0 Å². The molecule has 0 unspecified atom stereocenters. The highest BCUT2D eigenvalue weighted by molar-refractivity contribution is 5.93. The van der Waals surface area contributed by atoms with Crippen LogP contribution in [0.1, 0.15) is 18.1 Å². The van der Waals surface area contributed by atoms with Crippen LogP contribution in [0.2, 0.25) is 0 Å². The Kier molecular flexibility index (Phi) is 6.20. The molecule has 0 saturated carbocycles. The number of hydrogen-bond acceptors (Lipinski definition) is 3. The first-order chi connectivity index (χ1) is 18.7. The van der Waals surface area contributed by atoms with Gasteiger partial charge in [0.15, 0.2) is 5.82 Å². The van der Waals surface area contributed by atoms with Crippen molar-refractivity contribution in [2.24, 2.45) is 0 Å². The van der Waals surface area contributed by atoms with E-state index in [0.29, 0.717) is 5.82 Å². The van der Waals surface area contributed by atoms with Crippen molar-refractivity contribution in [3.8, 4) is 45.2 Å². The zero-order valence-electron chi connectivity index (χ0n) is 21.1. The molecule has 3 aromatic carbocycles. The molecule has 6 rings (SSSR count). The molecule has 4 nitrogen and oxygen atoms in total. The second kappa shape index (κ2) is 10.1. The summed E-state index contributed by atoms with van der Waals surface area (Å²) in [5, 5.41) is 5.07. The lowest BCUT2D eigenvalue weighted by Gasteiger charge is -2.10. The highest BCUT2D eigenvalue weighted by atomic mass is 15.2. The van der Waals surface area contributed by atoms with Crippen LogP contribution < -0.4 is 0 Å². The summed E-state index contributed by atoms with van der Waals surface area (Å²) in [6.07, 6.45) is 8.05. The molecule has 0 spiro atoms. The van der Waals surface area contributed by atoms with Crippen molar-refractivity contribution in [2.45, 2.75) is 6.92 Å². The maximum absolute atomic E-state index is 5.12. The van der Waals surface area contributed by atoms with Gasteiger partial charge in [-0.2, -0.15) is 5.10 Å². The summed E-state index contributed by atoms with van der Waals surface area (Å²) in [7, 11) is 0. The van der Waals surface area contributed by atoms with Crippen molar-refractivity contribution >= 4 is 17.7 Å². The molecule has 3 heterocycles. The SMILES string of the molecule is C=Cc1cc2c(-c3cc(-c4ccccc4)nc(-c4ccccc4)n3)c(-c3ccccc3)nn2cc1/C=C\C. The zero-order valence-corrected chi connectivity index (χ0v) is 21.1. The Morgan fingerprint density at radius 2 is 1.29 bits per heavy atom. The highest BCUT2D eigenvalue weighted by Gasteiger charge is 2.21. The van der Waals surface area contributed by atoms with E-state index in [1.54, 1.807) is 0 Å². The van der Waals surface area contributed by atoms with Crippen LogP contribution in [0.25, 0.3) is 62.8 Å². The van der Waals surface area contributed by atoms with E-state index in [2.05, 4.69) is 55.3 Å². The number of aromatic nitrogens is 4. The van der Waals surface area contributed by atoms with Gasteiger partial charge in [0.2, 0.25) is 0 Å². The third-order valence-corrected chi connectivity index (χ3v) is 6.53. The number of benzene rings is 3. The van der Waals surface area contributed by atoms with Crippen molar-refractivity contribution in [1.29, 1.82) is 0 Å². The van der Waals surface area contributed by atoms with Gasteiger partial charge in [0.05, 0.1) is 22.5 Å². The van der Waals surface area contributed by atoms with Crippen molar-refractivity contribution in [1.82, 2.24) is 19.6 Å². The van der Waals surface area contributed by atoms with E-state index in [1.165, 1.54) is 0 Å². The Bertz CT molecular complexity index is 1710. The van der Waals surface area contributed by atoms with Gasteiger partial charge in [-0.25, -0.2) is 14.5 Å². The lowest BCUT2D eigenvalue weighted by atomic mass is 10.0. The minimum atomic E-state index is 0.676. The summed E-state index contributed by atoms with van der Waals surface area (Å²) in [4.78, 5) is 10.1. The fourth-order valence-electron chi connectivity index (χ4n) is 4.72. The molecule has 4 heteroatoms. The molecule has 0 aliphatic rings. The average Bonchev–Trinajstić information content (AvgIpc) is 3.36. The van der Waals surface area contributed by atoms with Crippen LogP contribution >= 0.6 is 0 Å². The third kappa shape index (κ3) is 4.33. The van der Waals surface area contributed by atoms with Crippen molar-refractivity contribution in [3.63, 3.8) is 0 Å². The number of hydrogen-bond donors (Lipinski definition) is 0. The summed E-state index contributed by atoms with van der Waals surface area (Å²) in [6, 6.07) is 34.8. The van der Waals surface area contributed by atoms with E-state index in [1.807, 2.05) is 90.3 Å². The number of allylic oxidation sites excluding steroid dienone is 1. The predicted molar refractivity (Wildman–Crippen MR) is 157 cm³/mol. The van der Waals surface area contributed by atoms with Crippen LogP contribution in [-0.4, -0.2) is 19.6 Å². The summed E-state index contributed by atoms with van der Waals surface area (Å²) < 4.78 is 1.95. The predicted octanol–water partition coefficient (Wildman–Crippen LogP) is 8.47. The first kappa shape index (κ1) is 23.3. The molecule has 182 valence electrons.